The Bertz CT molecular complexity index is 837. The van der Waals surface area contributed by atoms with Gasteiger partial charge in [-0.25, -0.2) is 4.79 Å². The summed E-state index contributed by atoms with van der Waals surface area (Å²) in [5, 5.41) is 9.86. The quantitative estimate of drug-likeness (QED) is 0.771. The highest BCUT2D eigenvalue weighted by Crippen LogP contribution is 2.31. The number of aliphatic carboxylic acids is 1. The number of terminal acetylenes is 1. The number of rotatable bonds is 6. The molecule has 0 radical (unpaired) electrons. The normalized spacial score (nSPS) is 19.2. The molecule has 1 fully saturated rings. The number of likely N-dealkylation sites (tertiary alicyclic amines) is 1. The third kappa shape index (κ3) is 4.67. The SMILES string of the molecule is C#CCN(C)[C@H]1CCN(C(=O)C(c2ccccc2)c2ccccc2)[C@H](C(=O)O)C1. The van der Waals surface area contributed by atoms with Crippen LogP contribution in [0, 0.1) is 12.3 Å². The van der Waals surface area contributed by atoms with Gasteiger partial charge in [0.15, 0.2) is 0 Å². The average molecular weight is 390 g/mol. The van der Waals surface area contributed by atoms with Gasteiger partial charge in [-0.05, 0) is 31.0 Å². The predicted octanol–water partition coefficient (Wildman–Crippen LogP) is 2.83. The van der Waals surface area contributed by atoms with E-state index < -0.39 is 17.9 Å². The van der Waals surface area contributed by atoms with Crippen LogP contribution in [0.25, 0.3) is 0 Å². The molecule has 5 heteroatoms. The van der Waals surface area contributed by atoms with Crippen LogP contribution in [0.2, 0.25) is 0 Å². The van der Waals surface area contributed by atoms with Gasteiger partial charge in [0.25, 0.3) is 0 Å². The van der Waals surface area contributed by atoms with E-state index in [1.54, 1.807) is 0 Å². The number of carboxylic acids is 1. The minimum Gasteiger partial charge on any atom is -0.480 e. The monoisotopic (exact) mass is 390 g/mol. The molecule has 0 bridgehead atoms. The second-order valence-corrected chi connectivity index (χ2v) is 7.44. The van der Waals surface area contributed by atoms with Crippen molar-refractivity contribution in [3.63, 3.8) is 0 Å². The lowest BCUT2D eigenvalue weighted by molar-refractivity contribution is -0.153. The van der Waals surface area contributed by atoms with Crippen molar-refractivity contribution in [1.82, 2.24) is 9.80 Å². The van der Waals surface area contributed by atoms with Gasteiger partial charge in [0, 0.05) is 12.6 Å². The van der Waals surface area contributed by atoms with Gasteiger partial charge in [0.1, 0.15) is 6.04 Å². The van der Waals surface area contributed by atoms with Crippen LogP contribution in [0.15, 0.2) is 60.7 Å². The largest absolute Gasteiger partial charge is 0.480 e. The summed E-state index contributed by atoms with van der Waals surface area (Å²) in [6, 6.07) is 18.2. The van der Waals surface area contributed by atoms with Gasteiger partial charge in [-0.3, -0.25) is 9.69 Å². The van der Waals surface area contributed by atoms with Crippen molar-refractivity contribution < 1.29 is 14.7 Å². The molecule has 0 aliphatic carbocycles. The Balaban J connectivity index is 1.91. The van der Waals surface area contributed by atoms with Gasteiger partial charge in [-0.15, -0.1) is 6.42 Å². The highest BCUT2D eigenvalue weighted by molar-refractivity contribution is 5.91. The molecular weight excluding hydrogens is 364 g/mol. The maximum absolute atomic E-state index is 13.6. The summed E-state index contributed by atoms with van der Waals surface area (Å²) in [5.41, 5.74) is 1.72. The Hall–Kier alpha value is -3.10. The first-order valence-corrected chi connectivity index (χ1v) is 9.79. The van der Waals surface area contributed by atoms with Crippen LogP contribution >= 0.6 is 0 Å². The fraction of sp³-hybridized carbons (Fsp3) is 0.333. The number of hydrogen-bond donors (Lipinski definition) is 1. The molecule has 0 spiro atoms. The molecule has 2 atom stereocenters. The zero-order chi connectivity index (χ0) is 20.8. The highest BCUT2D eigenvalue weighted by Gasteiger charge is 2.40. The lowest BCUT2D eigenvalue weighted by atomic mass is 9.87. The summed E-state index contributed by atoms with van der Waals surface area (Å²) >= 11 is 0. The number of nitrogens with zero attached hydrogens (tertiary/aromatic N) is 2. The maximum atomic E-state index is 13.6. The molecule has 150 valence electrons. The minimum absolute atomic E-state index is 0.0445. The van der Waals surface area contributed by atoms with Crippen LogP contribution in [-0.2, 0) is 9.59 Å². The second-order valence-electron chi connectivity index (χ2n) is 7.44. The molecule has 1 N–H and O–H groups in total. The molecule has 0 unspecified atom stereocenters. The summed E-state index contributed by atoms with van der Waals surface area (Å²) in [4.78, 5) is 29.2. The standard InChI is InChI=1S/C24H26N2O3/c1-3-15-25(2)20-14-16-26(21(17-20)24(28)29)23(27)22(18-10-6-4-7-11-18)19-12-8-5-9-13-19/h1,4-13,20-22H,14-17H2,2H3,(H,28,29)/t20-,21-/m0/s1. The molecule has 0 saturated carbocycles. The predicted molar refractivity (Wildman–Crippen MR) is 112 cm³/mol. The molecule has 2 aromatic rings. The van der Waals surface area contributed by atoms with Crippen molar-refractivity contribution in [3.05, 3.63) is 71.8 Å². The fourth-order valence-corrected chi connectivity index (χ4v) is 4.05. The van der Waals surface area contributed by atoms with E-state index in [1.807, 2.05) is 72.6 Å². The molecule has 29 heavy (non-hydrogen) atoms. The third-order valence-electron chi connectivity index (χ3n) is 5.62. The molecule has 1 saturated heterocycles. The number of carbonyl (C=O) groups excluding carboxylic acids is 1. The molecule has 1 aliphatic heterocycles. The van der Waals surface area contributed by atoms with Gasteiger partial charge < -0.3 is 10.0 Å². The van der Waals surface area contributed by atoms with E-state index in [4.69, 9.17) is 6.42 Å². The number of amides is 1. The van der Waals surface area contributed by atoms with E-state index >= 15 is 0 Å². The van der Waals surface area contributed by atoms with Crippen LogP contribution in [0.3, 0.4) is 0 Å². The van der Waals surface area contributed by atoms with Crippen molar-refractivity contribution >= 4 is 11.9 Å². The fourth-order valence-electron chi connectivity index (χ4n) is 4.05. The van der Waals surface area contributed by atoms with E-state index in [0.717, 1.165) is 11.1 Å². The van der Waals surface area contributed by atoms with Crippen molar-refractivity contribution in [2.45, 2.75) is 30.8 Å². The van der Waals surface area contributed by atoms with Crippen LogP contribution in [-0.4, -0.2) is 59.0 Å². The van der Waals surface area contributed by atoms with Crippen molar-refractivity contribution in [2.75, 3.05) is 20.1 Å². The van der Waals surface area contributed by atoms with Gasteiger partial charge in [-0.1, -0.05) is 66.6 Å². The van der Waals surface area contributed by atoms with E-state index in [2.05, 4.69) is 5.92 Å². The Kier molecular flexibility index (Phi) is 6.69. The van der Waals surface area contributed by atoms with Crippen LogP contribution in [0.4, 0.5) is 0 Å². The first kappa shape index (κ1) is 20.6. The van der Waals surface area contributed by atoms with Crippen molar-refractivity contribution in [3.8, 4) is 12.3 Å². The topological polar surface area (TPSA) is 60.9 Å². The summed E-state index contributed by atoms with van der Waals surface area (Å²) in [6.07, 6.45) is 6.47. The van der Waals surface area contributed by atoms with Gasteiger partial charge in [0.05, 0.1) is 12.5 Å². The van der Waals surface area contributed by atoms with Gasteiger partial charge in [0.2, 0.25) is 5.91 Å². The molecule has 1 heterocycles. The van der Waals surface area contributed by atoms with E-state index in [-0.39, 0.29) is 11.9 Å². The highest BCUT2D eigenvalue weighted by atomic mass is 16.4. The number of carboxylic acid groups (broad SMARTS) is 1. The summed E-state index contributed by atoms with van der Waals surface area (Å²) in [7, 11) is 1.90. The van der Waals surface area contributed by atoms with E-state index in [0.29, 0.717) is 25.9 Å². The maximum Gasteiger partial charge on any atom is 0.326 e. The second kappa shape index (κ2) is 9.40. The molecular formula is C24H26N2O3. The smallest absolute Gasteiger partial charge is 0.326 e. The zero-order valence-electron chi connectivity index (χ0n) is 16.6. The summed E-state index contributed by atoms with van der Waals surface area (Å²) in [6.45, 7) is 0.854. The first-order chi connectivity index (χ1) is 14.0. The molecule has 1 amide bonds. The third-order valence-corrected chi connectivity index (χ3v) is 5.62. The Morgan fingerprint density at radius 3 is 2.17 bits per heavy atom. The lowest BCUT2D eigenvalue weighted by Crippen LogP contribution is -2.55. The summed E-state index contributed by atoms with van der Waals surface area (Å²) in [5.74, 6) is 0.925. The Morgan fingerprint density at radius 2 is 1.69 bits per heavy atom. The molecule has 2 aromatic carbocycles. The average Bonchev–Trinajstić information content (AvgIpc) is 2.75. The Morgan fingerprint density at radius 1 is 1.14 bits per heavy atom. The van der Waals surface area contributed by atoms with Crippen molar-refractivity contribution in [1.29, 1.82) is 0 Å². The molecule has 5 nitrogen and oxygen atoms in total. The summed E-state index contributed by atoms with van der Waals surface area (Å²) < 4.78 is 0. The molecule has 1 aliphatic rings. The molecule has 0 aromatic heterocycles. The van der Waals surface area contributed by atoms with Gasteiger partial charge >= 0.3 is 5.97 Å². The number of hydrogen-bond acceptors (Lipinski definition) is 3. The van der Waals surface area contributed by atoms with Crippen LogP contribution in [0.5, 0.6) is 0 Å². The van der Waals surface area contributed by atoms with E-state index in [1.165, 1.54) is 4.90 Å². The number of piperidine rings is 1. The number of benzene rings is 2. The minimum atomic E-state index is -0.975. The molecule has 3 rings (SSSR count). The lowest BCUT2D eigenvalue weighted by Gasteiger charge is -2.41. The number of carbonyl (C=O) groups is 2. The zero-order valence-corrected chi connectivity index (χ0v) is 16.6. The first-order valence-electron chi connectivity index (χ1n) is 9.79. The Labute approximate surface area is 171 Å². The van der Waals surface area contributed by atoms with Gasteiger partial charge in [-0.2, -0.15) is 0 Å². The van der Waals surface area contributed by atoms with Crippen LogP contribution in [0.1, 0.15) is 29.9 Å². The van der Waals surface area contributed by atoms with Crippen molar-refractivity contribution in [2.24, 2.45) is 0 Å². The van der Waals surface area contributed by atoms with Crippen LogP contribution < -0.4 is 0 Å². The van der Waals surface area contributed by atoms with E-state index in [9.17, 15) is 14.7 Å².